The SMILES string of the molecule is CC(C)C1C(=O)NCC(=O)N1C1CCCCCC1C. The van der Waals surface area contributed by atoms with Crippen molar-refractivity contribution in [3.8, 4) is 0 Å². The quantitative estimate of drug-likeness (QED) is 0.777. The Hall–Kier alpha value is -1.06. The lowest BCUT2D eigenvalue weighted by atomic mass is 9.90. The van der Waals surface area contributed by atoms with Crippen molar-refractivity contribution < 1.29 is 9.59 Å². The summed E-state index contributed by atoms with van der Waals surface area (Å²) in [6.07, 6.45) is 5.88. The summed E-state index contributed by atoms with van der Waals surface area (Å²) in [4.78, 5) is 26.4. The van der Waals surface area contributed by atoms with Crippen LogP contribution in [0.25, 0.3) is 0 Å². The highest BCUT2D eigenvalue weighted by Crippen LogP contribution is 2.31. The molecule has 1 aliphatic carbocycles. The first-order valence-corrected chi connectivity index (χ1v) is 7.61. The van der Waals surface area contributed by atoms with Gasteiger partial charge < -0.3 is 10.2 Å². The van der Waals surface area contributed by atoms with Gasteiger partial charge in [0.25, 0.3) is 0 Å². The van der Waals surface area contributed by atoms with Crippen molar-refractivity contribution in [3.05, 3.63) is 0 Å². The molecule has 3 atom stereocenters. The van der Waals surface area contributed by atoms with E-state index in [2.05, 4.69) is 12.2 Å². The molecule has 4 nitrogen and oxygen atoms in total. The van der Waals surface area contributed by atoms with Crippen molar-refractivity contribution in [2.24, 2.45) is 11.8 Å². The number of carbonyl (C=O) groups is 2. The number of amides is 2. The molecule has 0 aromatic rings. The van der Waals surface area contributed by atoms with E-state index < -0.39 is 0 Å². The fourth-order valence-corrected chi connectivity index (χ4v) is 3.54. The molecule has 1 aliphatic heterocycles. The van der Waals surface area contributed by atoms with Crippen LogP contribution < -0.4 is 5.32 Å². The number of piperazine rings is 1. The van der Waals surface area contributed by atoms with Gasteiger partial charge in [0, 0.05) is 6.04 Å². The van der Waals surface area contributed by atoms with Crippen LogP contribution in [0.2, 0.25) is 0 Å². The summed E-state index contributed by atoms with van der Waals surface area (Å²) in [6, 6.07) is -0.0414. The third-order valence-corrected chi connectivity index (χ3v) is 4.58. The average Bonchev–Trinajstić information content (AvgIpc) is 2.56. The van der Waals surface area contributed by atoms with Crippen LogP contribution in [0.15, 0.2) is 0 Å². The maximum atomic E-state index is 12.3. The minimum absolute atomic E-state index is 0.0195. The van der Waals surface area contributed by atoms with E-state index in [-0.39, 0.29) is 36.4 Å². The second kappa shape index (κ2) is 5.93. The van der Waals surface area contributed by atoms with Crippen molar-refractivity contribution in [1.82, 2.24) is 10.2 Å². The largest absolute Gasteiger partial charge is 0.345 e. The van der Waals surface area contributed by atoms with Crippen LogP contribution in [0.3, 0.4) is 0 Å². The molecule has 0 radical (unpaired) electrons. The highest BCUT2D eigenvalue weighted by atomic mass is 16.2. The summed E-state index contributed by atoms with van der Waals surface area (Å²) in [7, 11) is 0. The first kappa shape index (κ1) is 14.4. The van der Waals surface area contributed by atoms with E-state index >= 15 is 0 Å². The van der Waals surface area contributed by atoms with Crippen LogP contribution >= 0.6 is 0 Å². The highest BCUT2D eigenvalue weighted by Gasteiger charge is 2.41. The molecular weight excluding hydrogens is 240 g/mol. The van der Waals surface area contributed by atoms with Gasteiger partial charge in [-0.2, -0.15) is 0 Å². The van der Waals surface area contributed by atoms with Crippen LogP contribution in [0, 0.1) is 11.8 Å². The van der Waals surface area contributed by atoms with Crippen molar-refractivity contribution in [3.63, 3.8) is 0 Å². The zero-order chi connectivity index (χ0) is 14.0. The Morgan fingerprint density at radius 2 is 1.84 bits per heavy atom. The summed E-state index contributed by atoms with van der Waals surface area (Å²) in [5.41, 5.74) is 0. The molecule has 2 fully saturated rings. The lowest BCUT2D eigenvalue weighted by Crippen LogP contribution is -2.64. The fraction of sp³-hybridized carbons (Fsp3) is 0.867. The van der Waals surface area contributed by atoms with Crippen LogP contribution in [-0.2, 0) is 9.59 Å². The van der Waals surface area contributed by atoms with Gasteiger partial charge in [0.15, 0.2) is 0 Å². The highest BCUT2D eigenvalue weighted by molar-refractivity contribution is 5.95. The number of hydrogen-bond donors (Lipinski definition) is 1. The molecule has 2 rings (SSSR count). The normalized spacial score (nSPS) is 33.3. The Bertz CT molecular complexity index is 354. The van der Waals surface area contributed by atoms with Crippen LogP contribution in [-0.4, -0.2) is 35.3 Å². The lowest BCUT2D eigenvalue weighted by molar-refractivity contribution is -0.151. The Kier molecular flexibility index (Phi) is 4.48. The zero-order valence-electron chi connectivity index (χ0n) is 12.3. The summed E-state index contributed by atoms with van der Waals surface area (Å²) in [6.45, 7) is 6.45. The van der Waals surface area contributed by atoms with E-state index in [9.17, 15) is 9.59 Å². The van der Waals surface area contributed by atoms with E-state index in [4.69, 9.17) is 0 Å². The predicted molar refractivity (Wildman–Crippen MR) is 74.5 cm³/mol. The van der Waals surface area contributed by atoms with E-state index in [1.54, 1.807) is 0 Å². The standard InChI is InChI=1S/C15H26N2O2/c1-10(2)14-15(19)16-9-13(18)17(14)12-8-6-4-5-7-11(12)3/h10-12,14H,4-9H2,1-3H3,(H,16,19). The van der Waals surface area contributed by atoms with Crippen LogP contribution in [0.5, 0.6) is 0 Å². The molecule has 3 unspecified atom stereocenters. The predicted octanol–water partition coefficient (Wildman–Crippen LogP) is 1.94. The molecule has 1 N–H and O–H groups in total. The number of carbonyl (C=O) groups excluding carboxylic acids is 2. The molecule has 2 aliphatic rings. The van der Waals surface area contributed by atoms with Crippen molar-refractivity contribution in [1.29, 1.82) is 0 Å². The van der Waals surface area contributed by atoms with Gasteiger partial charge in [-0.05, 0) is 24.7 Å². The Balaban J connectivity index is 2.25. The van der Waals surface area contributed by atoms with Gasteiger partial charge in [0.05, 0.1) is 6.54 Å². The summed E-state index contributed by atoms with van der Waals surface area (Å²) in [5, 5.41) is 2.73. The first-order valence-electron chi connectivity index (χ1n) is 7.61. The van der Waals surface area contributed by atoms with Crippen molar-refractivity contribution >= 4 is 11.8 Å². The minimum Gasteiger partial charge on any atom is -0.345 e. The molecule has 0 bridgehead atoms. The maximum absolute atomic E-state index is 12.3. The van der Waals surface area contributed by atoms with E-state index in [1.807, 2.05) is 18.7 Å². The summed E-state index contributed by atoms with van der Waals surface area (Å²) in [5.74, 6) is 0.779. The van der Waals surface area contributed by atoms with Gasteiger partial charge in [-0.25, -0.2) is 0 Å². The van der Waals surface area contributed by atoms with Gasteiger partial charge in [-0.3, -0.25) is 9.59 Å². The third-order valence-electron chi connectivity index (χ3n) is 4.58. The molecular formula is C15H26N2O2. The molecule has 1 heterocycles. The van der Waals surface area contributed by atoms with Gasteiger partial charge in [-0.15, -0.1) is 0 Å². The van der Waals surface area contributed by atoms with Gasteiger partial charge >= 0.3 is 0 Å². The molecule has 4 heteroatoms. The molecule has 108 valence electrons. The van der Waals surface area contributed by atoms with E-state index in [0.717, 1.165) is 6.42 Å². The zero-order valence-corrected chi connectivity index (χ0v) is 12.3. The molecule has 1 saturated carbocycles. The van der Waals surface area contributed by atoms with E-state index in [0.29, 0.717) is 5.92 Å². The Morgan fingerprint density at radius 3 is 2.53 bits per heavy atom. The maximum Gasteiger partial charge on any atom is 0.243 e. The van der Waals surface area contributed by atoms with Crippen molar-refractivity contribution in [2.45, 2.75) is 65.0 Å². The van der Waals surface area contributed by atoms with Crippen LogP contribution in [0.4, 0.5) is 0 Å². The molecule has 19 heavy (non-hydrogen) atoms. The third kappa shape index (κ3) is 2.93. The van der Waals surface area contributed by atoms with Gasteiger partial charge in [0.2, 0.25) is 11.8 Å². The smallest absolute Gasteiger partial charge is 0.243 e. The number of rotatable bonds is 2. The minimum atomic E-state index is -0.285. The van der Waals surface area contributed by atoms with Gasteiger partial charge in [-0.1, -0.05) is 40.0 Å². The first-order chi connectivity index (χ1) is 9.02. The second-order valence-corrected chi connectivity index (χ2v) is 6.39. The molecule has 2 amide bonds. The molecule has 1 saturated heterocycles. The average molecular weight is 266 g/mol. The topological polar surface area (TPSA) is 49.4 Å². The van der Waals surface area contributed by atoms with Crippen molar-refractivity contribution in [2.75, 3.05) is 6.54 Å². The summed E-state index contributed by atoms with van der Waals surface area (Å²) >= 11 is 0. The fourth-order valence-electron chi connectivity index (χ4n) is 3.54. The number of nitrogens with zero attached hydrogens (tertiary/aromatic N) is 1. The van der Waals surface area contributed by atoms with Gasteiger partial charge in [0.1, 0.15) is 6.04 Å². The number of nitrogens with one attached hydrogen (secondary N) is 1. The van der Waals surface area contributed by atoms with Crippen LogP contribution in [0.1, 0.15) is 52.9 Å². The number of hydrogen-bond acceptors (Lipinski definition) is 2. The molecule has 0 spiro atoms. The van der Waals surface area contributed by atoms with E-state index in [1.165, 1.54) is 25.7 Å². The second-order valence-electron chi connectivity index (χ2n) is 6.39. The Labute approximate surface area is 115 Å². The molecule has 0 aromatic heterocycles. The monoisotopic (exact) mass is 266 g/mol. The lowest BCUT2D eigenvalue weighted by Gasteiger charge is -2.44. The molecule has 0 aromatic carbocycles. The Morgan fingerprint density at radius 1 is 1.16 bits per heavy atom. The summed E-state index contributed by atoms with van der Waals surface area (Å²) < 4.78 is 0.